The van der Waals surface area contributed by atoms with Crippen molar-refractivity contribution >= 4 is 45.0 Å². The van der Waals surface area contributed by atoms with Crippen LogP contribution in [-0.2, 0) is 0 Å². The quantitative estimate of drug-likeness (QED) is 0.691. The molecule has 144 valence electrons. The summed E-state index contributed by atoms with van der Waals surface area (Å²) in [5.41, 5.74) is 2.41. The summed E-state index contributed by atoms with van der Waals surface area (Å²) < 4.78 is 1.09. The third-order valence-corrected chi connectivity index (χ3v) is 6.90. The minimum atomic E-state index is 0.0720. The second-order valence-electron chi connectivity index (χ2n) is 7.30. The van der Waals surface area contributed by atoms with E-state index in [1.807, 2.05) is 23.1 Å². The Labute approximate surface area is 174 Å². The van der Waals surface area contributed by atoms with Gasteiger partial charge in [0.05, 0.1) is 37.7 Å². The predicted octanol–water partition coefficient (Wildman–Crippen LogP) is 3.92. The lowest BCUT2D eigenvalue weighted by Gasteiger charge is -2.31. The minimum Gasteiger partial charge on any atom is -0.329 e. The highest BCUT2D eigenvalue weighted by Crippen LogP contribution is 2.36. The highest BCUT2D eigenvalue weighted by Gasteiger charge is 2.27. The molecule has 0 spiro atoms. The number of piperazine rings is 1. The van der Waals surface area contributed by atoms with Crippen molar-refractivity contribution in [1.82, 2.24) is 4.90 Å². The fourth-order valence-electron chi connectivity index (χ4n) is 3.61. The van der Waals surface area contributed by atoms with Crippen LogP contribution in [0.25, 0.3) is 16.2 Å². The lowest BCUT2D eigenvalue weighted by molar-refractivity contribution is -0.898. The van der Waals surface area contributed by atoms with Gasteiger partial charge in [0.1, 0.15) is 4.88 Å². The molecule has 2 aromatic carbocycles. The van der Waals surface area contributed by atoms with Gasteiger partial charge in [0.15, 0.2) is 0 Å². The zero-order chi connectivity index (χ0) is 19.5. The average Bonchev–Trinajstić information content (AvgIpc) is 3.04. The maximum atomic E-state index is 13.0. The van der Waals surface area contributed by atoms with Crippen molar-refractivity contribution in [2.24, 2.45) is 0 Å². The average molecular weight is 412 g/mol. The predicted molar refractivity (Wildman–Crippen MR) is 119 cm³/mol. The van der Waals surface area contributed by atoms with Gasteiger partial charge >= 0.3 is 0 Å². The number of rotatable bonds is 4. The highest BCUT2D eigenvalue weighted by atomic mass is 35.5. The van der Waals surface area contributed by atoms with Gasteiger partial charge in [0, 0.05) is 10.1 Å². The van der Waals surface area contributed by atoms with Crippen LogP contribution in [0.1, 0.15) is 20.8 Å². The standard InChI is InChI=1S/C23H23ClN2OS/c1-17-9-10-19-20(16-17)28-22(21(19)24)23(27)26-14-12-25(13-15-26)11-5-8-18-6-3-2-4-7-18/h2-10,16H,11-15H2,1H3/p+1/b8-5+. The van der Waals surface area contributed by atoms with E-state index in [-0.39, 0.29) is 5.91 Å². The van der Waals surface area contributed by atoms with Gasteiger partial charge in [-0.15, -0.1) is 11.3 Å². The van der Waals surface area contributed by atoms with Gasteiger partial charge in [-0.25, -0.2) is 0 Å². The Hall–Kier alpha value is -2.14. The molecule has 3 nitrogen and oxygen atoms in total. The molecule has 0 bridgehead atoms. The number of fused-ring (bicyclic) bond motifs is 1. The second-order valence-corrected chi connectivity index (χ2v) is 8.73. The fourth-order valence-corrected chi connectivity index (χ4v) is 5.19. The number of amides is 1. The van der Waals surface area contributed by atoms with E-state index in [1.54, 1.807) is 0 Å². The molecule has 0 saturated carbocycles. The molecule has 1 amide bonds. The largest absolute Gasteiger partial charge is 0.329 e. The normalized spacial score (nSPS) is 15.6. The number of carbonyl (C=O) groups is 1. The molecule has 2 heterocycles. The summed E-state index contributed by atoms with van der Waals surface area (Å²) >= 11 is 8.04. The first-order chi connectivity index (χ1) is 13.6. The highest BCUT2D eigenvalue weighted by molar-refractivity contribution is 7.21. The SMILES string of the molecule is Cc1ccc2c(Cl)c(C(=O)N3CC[NH+](C/C=C/c4ccccc4)CC3)sc2c1. The van der Waals surface area contributed by atoms with Gasteiger partial charge in [-0.2, -0.15) is 0 Å². The Bertz CT molecular complexity index is 1000. The molecule has 1 fully saturated rings. The van der Waals surface area contributed by atoms with E-state index in [0.717, 1.165) is 42.8 Å². The minimum absolute atomic E-state index is 0.0720. The lowest BCUT2D eigenvalue weighted by atomic mass is 10.2. The van der Waals surface area contributed by atoms with Crippen molar-refractivity contribution in [1.29, 1.82) is 0 Å². The summed E-state index contributed by atoms with van der Waals surface area (Å²) in [6, 6.07) is 16.5. The molecule has 0 unspecified atom stereocenters. The van der Waals surface area contributed by atoms with E-state index >= 15 is 0 Å². The number of benzene rings is 2. The number of aryl methyl sites for hydroxylation is 1. The second kappa shape index (κ2) is 8.48. The number of nitrogens with zero attached hydrogens (tertiary/aromatic N) is 1. The van der Waals surface area contributed by atoms with Gasteiger partial charge < -0.3 is 9.80 Å². The maximum absolute atomic E-state index is 13.0. The van der Waals surface area contributed by atoms with Crippen molar-refractivity contribution in [3.05, 3.63) is 75.6 Å². The van der Waals surface area contributed by atoms with Gasteiger partial charge in [-0.05, 0) is 30.2 Å². The van der Waals surface area contributed by atoms with Crippen LogP contribution in [0.4, 0.5) is 0 Å². The van der Waals surface area contributed by atoms with E-state index in [1.165, 1.54) is 27.4 Å². The molecule has 1 aliphatic rings. The number of hydrogen-bond donors (Lipinski definition) is 1. The van der Waals surface area contributed by atoms with Gasteiger partial charge in [0.25, 0.3) is 5.91 Å². The molecule has 5 heteroatoms. The van der Waals surface area contributed by atoms with E-state index in [2.05, 4.69) is 49.4 Å². The Morgan fingerprint density at radius 1 is 1.18 bits per heavy atom. The number of halogens is 1. The smallest absolute Gasteiger partial charge is 0.265 e. The molecule has 0 radical (unpaired) electrons. The van der Waals surface area contributed by atoms with E-state index in [9.17, 15) is 4.79 Å². The van der Waals surface area contributed by atoms with Crippen molar-refractivity contribution in [2.45, 2.75) is 6.92 Å². The third-order valence-electron chi connectivity index (χ3n) is 5.25. The number of carbonyl (C=O) groups excluding carboxylic acids is 1. The lowest BCUT2D eigenvalue weighted by Crippen LogP contribution is -3.14. The van der Waals surface area contributed by atoms with Crippen LogP contribution in [0, 0.1) is 6.92 Å². The van der Waals surface area contributed by atoms with Crippen LogP contribution in [0.5, 0.6) is 0 Å². The molecule has 1 saturated heterocycles. The van der Waals surface area contributed by atoms with Crippen LogP contribution < -0.4 is 4.90 Å². The Balaban J connectivity index is 1.36. The fraction of sp³-hybridized carbons (Fsp3) is 0.261. The molecule has 1 aliphatic heterocycles. The summed E-state index contributed by atoms with van der Waals surface area (Å²) in [6.45, 7) is 6.52. The molecule has 1 N–H and O–H groups in total. The summed E-state index contributed by atoms with van der Waals surface area (Å²) in [6.07, 6.45) is 4.40. The molecule has 0 atom stereocenters. The number of thiophene rings is 1. The van der Waals surface area contributed by atoms with Crippen molar-refractivity contribution in [3.63, 3.8) is 0 Å². The van der Waals surface area contributed by atoms with Crippen molar-refractivity contribution in [2.75, 3.05) is 32.7 Å². The summed E-state index contributed by atoms with van der Waals surface area (Å²) in [5.74, 6) is 0.0720. The zero-order valence-electron chi connectivity index (χ0n) is 16.0. The maximum Gasteiger partial charge on any atom is 0.265 e. The van der Waals surface area contributed by atoms with Gasteiger partial charge in [-0.3, -0.25) is 4.79 Å². The van der Waals surface area contributed by atoms with Crippen LogP contribution in [0.3, 0.4) is 0 Å². The topological polar surface area (TPSA) is 24.8 Å². The number of hydrogen-bond acceptors (Lipinski definition) is 2. The van der Waals surface area contributed by atoms with Crippen LogP contribution in [-0.4, -0.2) is 43.5 Å². The van der Waals surface area contributed by atoms with Crippen LogP contribution in [0.15, 0.2) is 54.6 Å². The molecular formula is C23H24ClN2OS+. The molecular weight excluding hydrogens is 388 g/mol. The summed E-state index contributed by atoms with van der Waals surface area (Å²) in [5, 5.41) is 1.58. The monoisotopic (exact) mass is 411 g/mol. The van der Waals surface area contributed by atoms with E-state index < -0.39 is 0 Å². The molecule has 4 rings (SSSR count). The Morgan fingerprint density at radius 3 is 2.68 bits per heavy atom. The Kier molecular flexibility index (Phi) is 5.81. The molecule has 3 aromatic rings. The first-order valence-electron chi connectivity index (χ1n) is 9.65. The van der Waals surface area contributed by atoms with E-state index in [0.29, 0.717) is 9.90 Å². The Morgan fingerprint density at radius 2 is 1.93 bits per heavy atom. The number of nitrogens with one attached hydrogen (secondary N) is 1. The summed E-state index contributed by atoms with van der Waals surface area (Å²) in [4.78, 5) is 17.1. The third kappa shape index (κ3) is 4.14. The number of quaternary nitrogens is 1. The first-order valence-corrected chi connectivity index (χ1v) is 10.8. The molecule has 1 aromatic heterocycles. The first kappa shape index (κ1) is 19.2. The molecule has 28 heavy (non-hydrogen) atoms. The van der Waals surface area contributed by atoms with Gasteiger partial charge in [0.2, 0.25) is 0 Å². The van der Waals surface area contributed by atoms with Crippen molar-refractivity contribution in [3.8, 4) is 0 Å². The van der Waals surface area contributed by atoms with Gasteiger partial charge in [-0.1, -0.05) is 60.1 Å². The van der Waals surface area contributed by atoms with Crippen LogP contribution in [0.2, 0.25) is 5.02 Å². The van der Waals surface area contributed by atoms with Crippen LogP contribution >= 0.6 is 22.9 Å². The summed E-state index contributed by atoms with van der Waals surface area (Å²) in [7, 11) is 0. The van der Waals surface area contributed by atoms with E-state index in [4.69, 9.17) is 11.6 Å². The van der Waals surface area contributed by atoms with Crippen molar-refractivity contribution < 1.29 is 9.69 Å². The zero-order valence-corrected chi connectivity index (χ0v) is 17.5. The molecule has 0 aliphatic carbocycles.